The maximum Gasteiger partial charge on any atom is 0.258 e. The number of hydrogen-bond donors (Lipinski definition) is 2. The Labute approximate surface area is 171 Å². The van der Waals surface area contributed by atoms with Crippen molar-refractivity contribution in [2.24, 2.45) is 0 Å². The average Bonchev–Trinajstić information content (AvgIpc) is 2.66. The number of hydrogen-bond acceptors (Lipinski definition) is 4. The summed E-state index contributed by atoms with van der Waals surface area (Å²) in [5.74, 6) is 1.39. The van der Waals surface area contributed by atoms with E-state index in [-0.39, 0.29) is 11.0 Å². The van der Waals surface area contributed by atoms with Gasteiger partial charge >= 0.3 is 0 Å². The fourth-order valence-corrected chi connectivity index (χ4v) is 3.20. The largest absolute Gasteiger partial charge is 0.496 e. The van der Waals surface area contributed by atoms with Crippen LogP contribution in [-0.2, 0) is 5.41 Å². The zero-order chi connectivity index (χ0) is 21.2. The first-order valence-corrected chi connectivity index (χ1v) is 9.51. The Kier molecular flexibility index (Phi) is 5.59. The van der Waals surface area contributed by atoms with Crippen molar-refractivity contribution in [3.8, 4) is 16.9 Å². The van der Waals surface area contributed by atoms with E-state index in [1.54, 1.807) is 20.2 Å². The number of aromatic amines is 1. The molecule has 3 aromatic rings. The van der Waals surface area contributed by atoms with Crippen molar-refractivity contribution in [3.63, 3.8) is 0 Å². The summed E-state index contributed by atoms with van der Waals surface area (Å²) in [5, 5.41) is 0. The number of H-pyrrole nitrogens is 1. The second kappa shape index (κ2) is 7.95. The number of anilines is 1. The SMILES string of the molecule is COc1c(/C=C/c2ccc(N)cc2)cc(-c2cnc(C)[nH]c2=O)cc1C(C)(C)C. The highest BCUT2D eigenvalue weighted by atomic mass is 16.5. The fourth-order valence-electron chi connectivity index (χ4n) is 3.20. The predicted octanol–water partition coefficient (Wildman–Crippen LogP) is 4.80. The van der Waals surface area contributed by atoms with Crippen molar-refractivity contribution in [2.75, 3.05) is 12.8 Å². The van der Waals surface area contributed by atoms with Gasteiger partial charge in [-0.3, -0.25) is 4.79 Å². The van der Waals surface area contributed by atoms with E-state index in [0.29, 0.717) is 11.4 Å². The molecule has 0 bridgehead atoms. The minimum absolute atomic E-state index is 0.156. The molecule has 1 heterocycles. The van der Waals surface area contributed by atoms with E-state index in [2.05, 4.69) is 30.7 Å². The van der Waals surface area contributed by atoms with Crippen LogP contribution in [0.4, 0.5) is 5.69 Å². The highest BCUT2D eigenvalue weighted by molar-refractivity contribution is 5.78. The lowest BCUT2D eigenvalue weighted by Gasteiger charge is -2.24. The van der Waals surface area contributed by atoms with Crippen molar-refractivity contribution < 1.29 is 4.74 Å². The van der Waals surface area contributed by atoms with Gasteiger partial charge in [-0.15, -0.1) is 0 Å². The summed E-state index contributed by atoms with van der Waals surface area (Å²) in [6.07, 6.45) is 5.62. The molecule has 0 atom stereocenters. The smallest absolute Gasteiger partial charge is 0.258 e. The average molecular weight is 389 g/mol. The molecule has 0 aliphatic carbocycles. The summed E-state index contributed by atoms with van der Waals surface area (Å²) in [6.45, 7) is 8.14. The van der Waals surface area contributed by atoms with Crippen molar-refractivity contribution >= 4 is 17.8 Å². The van der Waals surface area contributed by atoms with Crippen molar-refractivity contribution in [1.82, 2.24) is 9.97 Å². The second-order valence-corrected chi connectivity index (χ2v) is 8.11. The molecule has 0 aliphatic heterocycles. The van der Waals surface area contributed by atoms with Crippen LogP contribution in [0.25, 0.3) is 23.3 Å². The van der Waals surface area contributed by atoms with Crippen LogP contribution >= 0.6 is 0 Å². The van der Waals surface area contributed by atoms with E-state index in [9.17, 15) is 4.79 Å². The van der Waals surface area contributed by atoms with Gasteiger partial charge in [0.15, 0.2) is 0 Å². The third kappa shape index (κ3) is 4.57. The molecule has 5 heteroatoms. The minimum atomic E-state index is -0.171. The molecule has 1 aromatic heterocycles. The molecular weight excluding hydrogens is 362 g/mol. The van der Waals surface area contributed by atoms with Gasteiger partial charge in [-0.05, 0) is 47.7 Å². The number of methoxy groups -OCH3 is 1. The van der Waals surface area contributed by atoms with Crippen LogP contribution < -0.4 is 16.0 Å². The standard InChI is InChI=1S/C24H27N3O2/c1-15-26-14-20(23(28)27-15)18-12-17(9-6-16-7-10-19(25)11-8-16)22(29-5)21(13-18)24(2,3)4/h6-14H,25H2,1-5H3,(H,26,27,28)/b9-6+. The lowest BCUT2D eigenvalue weighted by Crippen LogP contribution is -2.15. The summed E-state index contributed by atoms with van der Waals surface area (Å²) in [6, 6.07) is 11.6. The van der Waals surface area contributed by atoms with Crippen LogP contribution in [0.1, 0.15) is 43.3 Å². The topological polar surface area (TPSA) is 81.0 Å². The first-order valence-electron chi connectivity index (χ1n) is 9.51. The molecule has 0 spiro atoms. The van der Waals surface area contributed by atoms with E-state index < -0.39 is 0 Å². The first-order chi connectivity index (χ1) is 13.7. The van der Waals surface area contributed by atoms with Gasteiger partial charge in [0, 0.05) is 23.0 Å². The fraction of sp³-hybridized carbons (Fsp3) is 0.250. The highest BCUT2D eigenvalue weighted by Crippen LogP contribution is 2.38. The number of nitrogens with one attached hydrogen (secondary N) is 1. The van der Waals surface area contributed by atoms with Crippen LogP contribution in [0.2, 0.25) is 0 Å². The van der Waals surface area contributed by atoms with Crippen molar-refractivity contribution in [3.05, 3.63) is 75.5 Å². The molecule has 0 unspecified atom stereocenters. The molecule has 3 N–H and O–H groups in total. The summed E-state index contributed by atoms with van der Waals surface area (Å²) in [5.41, 5.74) is 10.5. The molecule has 0 saturated carbocycles. The summed E-state index contributed by atoms with van der Waals surface area (Å²) < 4.78 is 5.78. The highest BCUT2D eigenvalue weighted by Gasteiger charge is 2.22. The van der Waals surface area contributed by atoms with Gasteiger partial charge in [0.05, 0.1) is 12.7 Å². The third-order valence-corrected chi connectivity index (χ3v) is 4.76. The normalized spacial score (nSPS) is 11.8. The van der Waals surface area contributed by atoms with Crippen LogP contribution in [0.5, 0.6) is 5.75 Å². The minimum Gasteiger partial charge on any atom is -0.496 e. The predicted molar refractivity (Wildman–Crippen MR) is 120 cm³/mol. The van der Waals surface area contributed by atoms with Crippen LogP contribution in [0.3, 0.4) is 0 Å². The Morgan fingerprint density at radius 3 is 2.38 bits per heavy atom. The lowest BCUT2D eigenvalue weighted by molar-refractivity contribution is 0.397. The maximum atomic E-state index is 12.5. The molecule has 150 valence electrons. The molecular formula is C24H27N3O2. The van der Waals surface area contributed by atoms with Gasteiger partial charge in [0.2, 0.25) is 0 Å². The van der Waals surface area contributed by atoms with Gasteiger partial charge < -0.3 is 15.5 Å². The van der Waals surface area contributed by atoms with E-state index in [1.807, 2.05) is 48.6 Å². The van der Waals surface area contributed by atoms with Gasteiger partial charge in [0.25, 0.3) is 5.56 Å². The Balaban J connectivity index is 2.20. The molecule has 2 aromatic carbocycles. The monoisotopic (exact) mass is 389 g/mol. The Morgan fingerprint density at radius 2 is 1.79 bits per heavy atom. The van der Waals surface area contributed by atoms with Crippen molar-refractivity contribution in [1.29, 1.82) is 0 Å². The van der Waals surface area contributed by atoms with Gasteiger partial charge in [-0.25, -0.2) is 4.98 Å². The Hall–Kier alpha value is -3.34. The number of ether oxygens (including phenoxy) is 1. The number of rotatable bonds is 4. The van der Waals surface area contributed by atoms with Gasteiger partial charge in [-0.2, -0.15) is 0 Å². The summed E-state index contributed by atoms with van der Waals surface area (Å²) in [4.78, 5) is 19.6. The molecule has 0 saturated heterocycles. The van der Waals surface area contributed by atoms with Crippen LogP contribution in [-0.4, -0.2) is 17.1 Å². The number of nitrogens with zero attached hydrogens (tertiary/aromatic N) is 1. The van der Waals surface area contributed by atoms with E-state index in [4.69, 9.17) is 10.5 Å². The Morgan fingerprint density at radius 1 is 1.10 bits per heavy atom. The zero-order valence-electron chi connectivity index (χ0n) is 17.5. The van der Waals surface area contributed by atoms with Gasteiger partial charge in [0.1, 0.15) is 11.6 Å². The number of nitrogen functional groups attached to an aromatic ring is 1. The quantitative estimate of drug-likeness (QED) is 0.496. The molecule has 3 rings (SSSR count). The number of aryl methyl sites for hydroxylation is 1. The first kappa shape index (κ1) is 20.4. The van der Waals surface area contributed by atoms with E-state index >= 15 is 0 Å². The molecule has 0 fully saturated rings. The maximum absolute atomic E-state index is 12.5. The number of nitrogens with two attached hydrogens (primary N) is 1. The molecule has 0 amide bonds. The van der Waals surface area contributed by atoms with Crippen LogP contribution in [0, 0.1) is 6.92 Å². The molecule has 29 heavy (non-hydrogen) atoms. The van der Waals surface area contributed by atoms with Gasteiger partial charge in [-0.1, -0.05) is 45.1 Å². The van der Waals surface area contributed by atoms with Crippen molar-refractivity contribution in [2.45, 2.75) is 33.1 Å². The summed E-state index contributed by atoms with van der Waals surface area (Å²) >= 11 is 0. The van der Waals surface area contributed by atoms with Crippen LogP contribution in [0.15, 0.2) is 47.4 Å². The third-order valence-electron chi connectivity index (χ3n) is 4.76. The summed E-state index contributed by atoms with van der Waals surface area (Å²) in [7, 11) is 1.67. The second-order valence-electron chi connectivity index (χ2n) is 8.11. The number of aromatic nitrogens is 2. The zero-order valence-corrected chi connectivity index (χ0v) is 17.5. The molecule has 5 nitrogen and oxygen atoms in total. The Bertz CT molecular complexity index is 1100. The molecule has 0 radical (unpaired) electrons. The van der Waals surface area contributed by atoms with E-state index in [1.165, 1.54) is 0 Å². The number of benzene rings is 2. The van der Waals surface area contributed by atoms with E-state index in [0.717, 1.165) is 33.7 Å². The molecule has 0 aliphatic rings. The lowest BCUT2D eigenvalue weighted by atomic mass is 9.83.